The first kappa shape index (κ1) is 30.1. The topological polar surface area (TPSA) is 114 Å². The maximum absolute atomic E-state index is 12.9. The number of rotatable bonds is 7. The van der Waals surface area contributed by atoms with Crippen LogP contribution in [0.1, 0.15) is 22.3 Å². The zero-order chi connectivity index (χ0) is 29.6. The van der Waals surface area contributed by atoms with Crippen molar-refractivity contribution < 1.29 is 32.3 Å². The predicted molar refractivity (Wildman–Crippen MR) is 145 cm³/mol. The first-order valence-corrected chi connectivity index (χ1v) is 13.4. The predicted octanol–water partition coefficient (Wildman–Crippen LogP) is 2.66. The zero-order valence-corrected chi connectivity index (χ0v) is 22.8. The van der Waals surface area contributed by atoms with Crippen molar-refractivity contribution in [3.8, 4) is 0 Å². The normalized spacial score (nSPS) is 17.7. The van der Waals surface area contributed by atoms with Crippen LogP contribution in [0.2, 0.25) is 5.02 Å². The number of alkyl halides is 3. The molecular weight excluding hydrogens is 565 g/mol. The highest BCUT2D eigenvalue weighted by molar-refractivity contribution is 6.30. The molecule has 0 radical (unpaired) electrons. The first-order valence-electron chi connectivity index (χ1n) is 13.0. The average Bonchev–Trinajstić information content (AvgIpc) is 3.38. The van der Waals surface area contributed by atoms with Crippen molar-refractivity contribution in [3.63, 3.8) is 0 Å². The van der Waals surface area contributed by atoms with Crippen LogP contribution < -0.4 is 16.0 Å². The molecule has 220 valence electrons. The van der Waals surface area contributed by atoms with Crippen molar-refractivity contribution >= 4 is 41.0 Å². The van der Waals surface area contributed by atoms with Crippen LogP contribution in [0.4, 0.5) is 23.7 Å². The minimum atomic E-state index is -4.58. The lowest BCUT2D eigenvalue weighted by Crippen LogP contribution is -2.53. The maximum Gasteiger partial charge on any atom is 0.416 e. The summed E-state index contributed by atoms with van der Waals surface area (Å²) in [6.07, 6.45) is -3.97. The highest BCUT2D eigenvalue weighted by atomic mass is 35.5. The molecule has 1 atom stereocenters. The van der Waals surface area contributed by atoms with Crippen LogP contribution in [-0.2, 0) is 15.8 Å². The smallest absolute Gasteiger partial charge is 0.350 e. The van der Waals surface area contributed by atoms with E-state index in [1.807, 2.05) is 4.90 Å². The van der Waals surface area contributed by atoms with Gasteiger partial charge in [0.05, 0.1) is 18.7 Å². The van der Waals surface area contributed by atoms with Gasteiger partial charge < -0.3 is 25.8 Å². The van der Waals surface area contributed by atoms with Gasteiger partial charge in [0.25, 0.3) is 5.91 Å². The summed E-state index contributed by atoms with van der Waals surface area (Å²) < 4.78 is 38.6. The van der Waals surface area contributed by atoms with Crippen LogP contribution in [0, 0.1) is 0 Å². The molecule has 5 amide bonds. The summed E-state index contributed by atoms with van der Waals surface area (Å²) in [6, 6.07) is 10.3. The summed E-state index contributed by atoms with van der Waals surface area (Å²) in [5.74, 6) is -1.33. The van der Waals surface area contributed by atoms with E-state index in [9.17, 15) is 32.3 Å². The van der Waals surface area contributed by atoms with Crippen molar-refractivity contribution in [2.24, 2.45) is 0 Å². The Hall–Kier alpha value is -3.84. The Balaban J connectivity index is 1.14. The molecule has 0 saturated carbocycles. The molecule has 0 unspecified atom stereocenters. The lowest BCUT2D eigenvalue weighted by molar-refractivity contribution is -0.137. The third kappa shape index (κ3) is 8.57. The number of piperazine rings is 1. The monoisotopic (exact) mass is 594 g/mol. The number of nitrogens with one attached hydrogen (secondary N) is 3. The quantitative estimate of drug-likeness (QED) is 0.456. The summed E-state index contributed by atoms with van der Waals surface area (Å²) >= 11 is 5.87. The molecule has 2 saturated heterocycles. The molecule has 4 rings (SSSR count). The Morgan fingerprint density at radius 3 is 2.29 bits per heavy atom. The molecule has 2 aliphatic rings. The first-order chi connectivity index (χ1) is 19.5. The highest BCUT2D eigenvalue weighted by Crippen LogP contribution is 2.29. The number of amides is 5. The number of nitrogens with zero attached hydrogens (tertiary/aromatic N) is 3. The van der Waals surface area contributed by atoms with Gasteiger partial charge in [0.1, 0.15) is 0 Å². The van der Waals surface area contributed by atoms with Crippen molar-refractivity contribution in [2.75, 3.05) is 57.7 Å². The van der Waals surface area contributed by atoms with Crippen LogP contribution in [0.15, 0.2) is 48.5 Å². The fourth-order valence-corrected chi connectivity index (χ4v) is 4.78. The fraction of sp³-hybridized carbons (Fsp3) is 0.407. The van der Waals surface area contributed by atoms with Gasteiger partial charge in [-0.1, -0.05) is 17.7 Å². The Labute approximate surface area is 239 Å². The largest absolute Gasteiger partial charge is 0.416 e. The summed E-state index contributed by atoms with van der Waals surface area (Å²) in [5, 5.41) is 8.50. The summed E-state index contributed by atoms with van der Waals surface area (Å²) in [4.78, 5) is 55.1. The van der Waals surface area contributed by atoms with Crippen molar-refractivity contribution in [2.45, 2.75) is 18.6 Å². The van der Waals surface area contributed by atoms with E-state index in [4.69, 9.17) is 11.6 Å². The van der Waals surface area contributed by atoms with Gasteiger partial charge in [-0.2, -0.15) is 13.2 Å². The van der Waals surface area contributed by atoms with Crippen molar-refractivity contribution in [1.29, 1.82) is 0 Å². The SMILES string of the molecule is O=C(CNC(=O)c1cccc(C(F)(F)F)c1)N[C@@H]1CCN(CC(=O)N2CCN(C(=O)Nc3ccc(Cl)cc3)CC2)C1. The van der Waals surface area contributed by atoms with Crippen LogP contribution in [0.25, 0.3) is 0 Å². The molecule has 0 bridgehead atoms. The third-order valence-corrected chi connectivity index (χ3v) is 7.12. The number of urea groups is 1. The van der Waals surface area contributed by atoms with E-state index in [2.05, 4.69) is 16.0 Å². The number of benzene rings is 2. The van der Waals surface area contributed by atoms with Gasteiger partial charge in [-0.05, 0) is 48.9 Å². The summed E-state index contributed by atoms with van der Waals surface area (Å²) in [6.45, 7) is 2.44. The van der Waals surface area contributed by atoms with Crippen LogP contribution in [0.5, 0.6) is 0 Å². The molecule has 2 aromatic carbocycles. The average molecular weight is 595 g/mol. The standard InChI is InChI=1S/C27H30ClF3N6O4/c28-20-4-6-21(7-5-20)34-26(41)37-12-10-36(11-13-37)24(39)17-35-9-8-22(16-35)33-23(38)15-32-25(40)18-2-1-3-19(14-18)27(29,30)31/h1-7,14,22H,8-13,15-17H2,(H,32,40)(H,33,38)(H,34,41)/t22-/m1/s1. The van der Waals surface area contributed by atoms with E-state index in [0.717, 1.165) is 18.2 Å². The second-order valence-electron chi connectivity index (χ2n) is 9.85. The highest BCUT2D eigenvalue weighted by Gasteiger charge is 2.31. The van der Waals surface area contributed by atoms with E-state index in [1.54, 1.807) is 34.1 Å². The molecule has 2 aromatic rings. The molecule has 10 nitrogen and oxygen atoms in total. The lowest BCUT2D eigenvalue weighted by atomic mass is 10.1. The number of likely N-dealkylation sites (tertiary alicyclic amines) is 1. The van der Waals surface area contributed by atoms with E-state index in [1.165, 1.54) is 6.07 Å². The van der Waals surface area contributed by atoms with Gasteiger partial charge in [-0.15, -0.1) is 0 Å². The molecule has 41 heavy (non-hydrogen) atoms. The van der Waals surface area contributed by atoms with E-state index in [-0.39, 0.29) is 36.6 Å². The van der Waals surface area contributed by atoms with Gasteiger partial charge >= 0.3 is 12.2 Å². The number of hydrogen-bond donors (Lipinski definition) is 3. The molecule has 2 fully saturated rings. The fourth-order valence-electron chi connectivity index (χ4n) is 4.66. The van der Waals surface area contributed by atoms with E-state index < -0.39 is 23.6 Å². The minimum Gasteiger partial charge on any atom is -0.350 e. The Morgan fingerprint density at radius 1 is 0.927 bits per heavy atom. The van der Waals surface area contributed by atoms with Gasteiger partial charge in [0.15, 0.2) is 0 Å². The Bertz CT molecular complexity index is 1270. The minimum absolute atomic E-state index is 0.0666. The number of halogens is 4. The number of anilines is 1. The zero-order valence-electron chi connectivity index (χ0n) is 22.0. The molecule has 3 N–H and O–H groups in total. The van der Waals surface area contributed by atoms with E-state index in [0.29, 0.717) is 56.4 Å². The molecule has 2 aliphatic heterocycles. The van der Waals surface area contributed by atoms with Crippen molar-refractivity contribution in [1.82, 2.24) is 25.3 Å². The van der Waals surface area contributed by atoms with Gasteiger partial charge in [-0.25, -0.2) is 4.79 Å². The van der Waals surface area contributed by atoms with Crippen LogP contribution >= 0.6 is 11.6 Å². The Kier molecular flexibility index (Phi) is 9.71. The van der Waals surface area contributed by atoms with Gasteiger partial charge in [-0.3, -0.25) is 19.3 Å². The molecule has 0 spiro atoms. The van der Waals surface area contributed by atoms with E-state index >= 15 is 0 Å². The number of hydrogen-bond acceptors (Lipinski definition) is 5. The maximum atomic E-state index is 12.9. The lowest BCUT2D eigenvalue weighted by Gasteiger charge is -2.35. The van der Waals surface area contributed by atoms with Gasteiger partial charge in [0.2, 0.25) is 11.8 Å². The molecule has 0 aromatic heterocycles. The Morgan fingerprint density at radius 2 is 1.61 bits per heavy atom. The van der Waals surface area contributed by atoms with Crippen molar-refractivity contribution in [3.05, 3.63) is 64.7 Å². The number of carbonyl (C=O) groups excluding carboxylic acids is 4. The second-order valence-corrected chi connectivity index (χ2v) is 10.3. The number of carbonyl (C=O) groups is 4. The molecule has 2 heterocycles. The molecule has 0 aliphatic carbocycles. The summed E-state index contributed by atoms with van der Waals surface area (Å²) in [7, 11) is 0. The molecular formula is C27H30ClF3N6O4. The third-order valence-electron chi connectivity index (χ3n) is 6.87. The summed E-state index contributed by atoms with van der Waals surface area (Å²) in [5.41, 5.74) is -0.510. The van der Waals surface area contributed by atoms with Gasteiger partial charge in [0, 0.05) is 61.6 Å². The molecule has 14 heteroatoms. The van der Waals surface area contributed by atoms with Crippen LogP contribution in [0.3, 0.4) is 0 Å². The second kappa shape index (κ2) is 13.2. The van der Waals surface area contributed by atoms with Crippen LogP contribution in [-0.4, -0.2) is 96.9 Å².